The number of rotatable bonds is 2. The number of nitrogen functional groups attached to an aromatic ring is 1. The van der Waals surface area contributed by atoms with Gasteiger partial charge in [-0.2, -0.15) is 0 Å². The Labute approximate surface area is 96.6 Å². The number of hydrogen-bond donors (Lipinski definition) is 1. The maximum Gasteiger partial charge on any atom is 0.338 e. The van der Waals surface area contributed by atoms with E-state index >= 15 is 0 Å². The maximum atomic E-state index is 11.8. The van der Waals surface area contributed by atoms with Crippen molar-refractivity contribution in [1.29, 1.82) is 0 Å². The molecule has 0 saturated heterocycles. The third-order valence-electron chi connectivity index (χ3n) is 2.06. The molecule has 3 nitrogen and oxygen atoms in total. The van der Waals surface area contributed by atoms with Crippen LogP contribution in [0.5, 0.6) is 0 Å². The van der Waals surface area contributed by atoms with E-state index in [1.807, 2.05) is 39.8 Å². The van der Waals surface area contributed by atoms with E-state index in [4.69, 9.17) is 10.5 Å². The van der Waals surface area contributed by atoms with Crippen molar-refractivity contribution in [3.8, 4) is 0 Å². The second kappa shape index (κ2) is 4.56. The van der Waals surface area contributed by atoms with Crippen molar-refractivity contribution in [2.75, 3.05) is 5.73 Å². The molecule has 0 atom stereocenters. The molecule has 1 aromatic rings. The maximum absolute atomic E-state index is 11.8. The van der Waals surface area contributed by atoms with Crippen molar-refractivity contribution in [2.45, 2.75) is 39.7 Å². The molecule has 0 spiro atoms. The van der Waals surface area contributed by atoms with Crippen molar-refractivity contribution in [3.63, 3.8) is 0 Å². The zero-order chi connectivity index (χ0) is 12.3. The summed E-state index contributed by atoms with van der Waals surface area (Å²) in [6, 6.07) is 5.34. The van der Waals surface area contributed by atoms with Gasteiger partial charge in [-0.25, -0.2) is 4.79 Å². The summed E-state index contributed by atoms with van der Waals surface area (Å²) in [6.45, 7) is 7.56. The average molecular weight is 221 g/mol. The first-order valence-electron chi connectivity index (χ1n) is 5.44. The highest BCUT2D eigenvalue weighted by Crippen LogP contribution is 2.17. The molecule has 0 heterocycles. The molecule has 3 heteroatoms. The largest absolute Gasteiger partial charge is 0.456 e. The summed E-state index contributed by atoms with van der Waals surface area (Å²) in [5, 5.41) is 0. The summed E-state index contributed by atoms with van der Waals surface area (Å²) < 4.78 is 5.28. The van der Waals surface area contributed by atoms with E-state index in [1.54, 1.807) is 6.07 Å². The molecule has 0 amide bonds. The number of nitrogens with two attached hydrogens (primary N) is 1. The minimum Gasteiger partial charge on any atom is -0.456 e. The minimum absolute atomic E-state index is 0.325. The first-order chi connectivity index (χ1) is 7.31. The van der Waals surface area contributed by atoms with Gasteiger partial charge in [0, 0.05) is 5.69 Å². The molecule has 0 bridgehead atoms. The smallest absolute Gasteiger partial charge is 0.338 e. The lowest BCUT2D eigenvalue weighted by molar-refractivity contribution is 0.00695. The average Bonchev–Trinajstić information content (AvgIpc) is 2.14. The van der Waals surface area contributed by atoms with Gasteiger partial charge in [0.05, 0.1) is 5.56 Å². The molecule has 0 aliphatic heterocycles. The van der Waals surface area contributed by atoms with Gasteiger partial charge in [-0.15, -0.1) is 0 Å². The fourth-order valence-electron chi connectivity index (χ4n) is 1.38. The van der Waals surface area contributed by atoms with Gasteiger partial charge in [-0.05, 0) is 51.0 Å². The Bertz CT molecular complexity index is 391. The molecule has 0 aliphatic carbocycles. The minimum atomic E-state index is -0.478. The molecule has 0 unspecified atom stereocenters. The Morgan fingerprint density at radius 1 is 1.31 bits per heavy atom. The zero-order valence-electron chi connectivity index (χ0n) is 10.3. The van der Waals surface area contributed by atoms with Crippen LogP contribution in [0.2, 0.25) is 0 Å². The number of benzene rings is 1. The normalized spacial score (nSPS) is 11.2. The van der Waals surface area contributed by atoms with Crippen LogP contribution in [0.4, 0.5) is 5.69 Å². The van der Waals surface area contributed by atoms with Crippen molar-refractivity contribution in [3.05, 3.63) is 29.3 Å². The molecule has 0 aromatic heterocycles. The van der Waals surface area contributed by atoms with Crippen LogP contribution in [-0.4, -0.2) is 11.6 Å². The Hall–Kier alpha value is -1.51. The van der Waals surface area contributed by atoms with Crippen molar-refractivity contribution >= 4 is 11.7 Å². The molecule has 0 aliphatic rings. The van der Waals surface area contributed by atoms with Crippen molar-refractivity contribution in [1.82, 2.24) is 0 Å². The molecule has 16 heavy (non-hydrogen) atoms. The van der Waals surface area contributed by atoms with E-state index in [9.17, 15) is 4.79 Å². The van der Waals surface area contributed by atoms with Crippen molar-refractivity contribution < 1.29 is 9.53 Å². The molecule has 1 rings (SSSR count). The predicted octanol–water partition coefficient (Wildman–Crippen LogP) is 2.79. The number of esters is 1. The molecular formula is C13H19NO2. The molecule has 0 radical (unpaired) electrons. The Kier molecular flexibility index (Phi) is 3.58. The lowest BCUT2D eigenvalue weighted by atomic mass is 10.1. The summed E-state index contributed by atoms with van der Waals surface area (Å²) in [5.74, 6) is -0.325. The first kappa shape index (κ1) is 12.6. The van der Waals surface area contributed by atoms with Crippen LogP contribution in [0, 0.1) is 0 Å². The van der Waals surface area contributed by atoms with Gasteiger partial charge in [-0.3, -0.25) is 0 Å². The third-order valence-corrected chi connectivity index (χ3v) is 2.06. The molecular weight excluding hydrogens is 202 g/mol. The Morgan fingerprint density at radius 2 is 1.94 bits per heavy atom. The fraction of sp³-hybridized carbons (Fsp3) is 0.462. The number of carbonyl (C=O) groups excluding carboxylic acids is 1. The summed E-state index contributed by atoms with van der Waals surface area (Å²) in [6.07, 6.45) is 0.848. The molecule has 1 aromatic carbocycles. The number of carbonyl (C=O) groups is 1. The topological polar surface area (TPSA) is 52.3 Å². The molecule has 88 valence electrons. The number of ether oxygens (including phenoxy) is 1. The van der Waals surface area contributed by atoms with Gasteiger partial charge in [0.1, 0.15) is 5.60 Å². The lowest BCUT2D eigenvalue weighted by Crippen LogP contribution is -2.24. The van der Waals surface area contributed by atoms with Crippen LogP contribution in [-0.2, 0) is 11.2 Å². The molecule has 0 saturated carbocycles. The number of hydrogen-bond acceptors (Lipinski definition) is 3. The highest BCUT2D eigenvalue weighted by Gasteiger charge is 2.18. The first-order valence-corrected chi connectivity index (χ1v) is 5.44. The van der Waals surface area contributed by atoms with Gasteiger partial charge >= 0.3 is 5.97 Å². The van der Waals surface area contributed by atoms with E-state index in [0.717, 1.165) is 12.0 Å². The SMILES string of the molecule is CCc1cc(N)cc(C(=O)OC(C)(C)C)c1. The predicted molar refractivity (Wildman–Crippen MR) is 65.4 cm³/mol. The second-order valence-electron chi connectivity index (χ2n) is 4.82. The highest BCUT2D eigenvalue weighted by molar-refractivity contribution is 5.91. The van der Waals surface area contributed by atoms with Crippen LogP contribution in [0.15, 0.2) is 18.2 Å². The second-order valence-corrected chi connectivity index (χ2v) is 4.82. The van der Waals surface area contributed by atoms with Gasteiger partial charge in [0.15, 0.2) is 0 Å². The Balaban J connectivity index is 2.95. The van der Waals surface area contributed by atoms with E-state index in [2.05, 4.69) is 0 Å². The summed E-state index contributed by atoms with van der Waals surface area (Å²) in [4.78, 5) is 11.8. The van der Waals surface area contributed by atoms with Crippen LogP contribution >= 0.6 is 0 Å². The van der Waals surface area contributed by atoms with E-state index < -0.39 is 5.60 Å². The van der Waals surface area contributed by atoms with Crippen molar-refractivity contribution in [2.24, 2.45) is 0 Å². The molecule has 2 N–H and O–H groups in total. The zero-order valence-corrected chi connectivity index (χ0v) is 10.3. The van der Waals surface area contributed by atoms with Gasteiger partial charge in [0.2, 0.25) is 0 Å². The summed E-state index contributed by atoms with van der Waals surface area (Å²) in [5.41, 5.74) is 7.41. The van der Waals surface area contributed by atoms with Crippen LogP contribution in [0.3, 0.4) is 0 Å². The summed E-state index contributed by atoms with van der Waals surface area (Å²) in [7, 11) is 0. The van der Waals surface area contributed by atoms with Gasteiger partial charge in [0.25, 0.3) is 0 Å². The number of anilines is 1. The molecule has 0 fully saturated rings. The van der Waals surface area contributed by atoms with Crippen LogP contribution < -0.4 is 5.73 Å². The van der Waals surface area contributed by atoms with E-state index in [1.165, 1.54) is 0 Å². The Morgan fingerprint density at radius 3 is 2.44 bits per heavy atom. The lowest BCUT2D eigenvalue weighted by Gasteiger charge is -2.19. The highest BCUT2D eigenvalue weighted by atomic mass is 16.6. The quantitative estimate of drug-likeness (QED) is 0.617. The van der Waals surface area contributed by atoms with E-state index in [0.29, 0.717) is 11.3 Å². The third kappa shape index (κ3) is 3.57. The standard InChI is InChI=1S/C13H19NO2/c1-5-9-6-10(8-11(14)7-9)12(15)16-13(2,3)4/h6-8H,5,14H2,1-4H3. The summed E-state index contributed by atoms with van der Waals surface area (Å²) >= 11 is 0. The fourth-order valence-corrected chi connectivity index (χ4v) is 1.38. The monoisotopic (exact) mass is 221 g/mol. The van der Waals surface area contributed by atoms with Crippen LogP contribution in [0.25, 0.3) is 0 Å². The number of aryl methyl sites for hydroxylation is 1. The van der Waals surface area contributed by atoms with E-state index in [-0.39, 0.29) is 5.97 Å². The van der Waals surface area contributed by atoms with Gasteiger partial charge < -0.3 is 10.5 Å². The van der Waals surface area contributed by atoms with Crippen LogP contribution in [0.1, 0.15) is 43.6 Å². The van der Waals surface area contributed by atoms with Gasteiger partial charge in [-0.1, -0.05) is 6.92 Å².